The number of phosphoric ester groups is 1. The Hall–Kier alpha value is -1.69. The van der Waals surface area contributed by atoms with E-state index in [2.05, 4.69) is 0 Å². The summed E-state index contributed by atoms with van der Waals surface area (Å²) in [7, 11) is -4.08. The molecule has 8 heteroatoms. The van der Waals surface area contributed by atoms with E-state index in [1.807, 2.05) is 60.7 Å². The molecule has 0 bridgehead atoms. The third-order valence-electron chi connectivity index (χ3n) is 3.74. The van der Waals surface area contributed by atoms with Crippen LogP contribution in [0.25, 0.3) is 0 Å². The van der Waals surface area contributed by atoms with Gasteiger partial charge in [-0.3, -0.25) is 13.6 Å². The quantitative estimate of drug-likeness (QED) is 0.275. The third-order valence-corrected chi connectivity index (χ3v) is 5.23. The number of esters is 1. The number of benzene rings is 2. The largest absolute Gasteiger partial charge is 0.476 e. The molecule has 6 nitrogen and oxygen atoms in total. The molecule has 2 aromatic rings. The maximum Gasteiger partial charge on any atom is 0.476 e. The van der Waals surface area contributed by atoms with E-state index in [-0.39, 0.29) is 25.2 Å². The summed E-state index contributed by atoms with van der Waals surface area (Å²) < 4.78 is 34.7. The number of halogens is 1. The molecule has 2 aromatic carbocycles. The Labute approximate surface area is 170 Å². The van der Waals surface area contributed by atoms with Crippen LogP contribution < -0.4 is 0 Å². The third kappa shape index (κ3) is 7.38. The molecule has 28 heavy (non-hydrogen) atoms. The summed E-state index contributed by atoms with van der Waals surface area (Å²) in [6, 6.07) is 18.0. The van der Waals surface area contributed by atoms with Gasteiger partial charge in [-0.1, -0.05) is 86.1 Å². The van der Waals surface area contributed by atoms with E-state index in [1.54, 1.807) is 13.8 Å². The van der Waals surface area contributed by atoms with Crippen LogP contribution >= 0.6 is 19.4 Å². The molecule has 0 amide bonds. The van der Waals surface area contributed by atoms with Gasteiger partial charge in [0.25, 0.3) is 0 Å². The monoisotopic (exact) mass is 426 g/mol. The first-order valence-corrected chi connectivity index (χ1v) is 10.8. The average molecular weight is 427 g/mol. The number of alkyl halides is 1. The van der Waals surface area contributed by atoms with Crippen molar-refractivity contribution in [3.8, 4) is 0 Å². The highest BCUT2D eigenvalue weighted by Crippen LogP contribution is 2.52. The fourth-order valence-corrected chi connectivity index (χ4v) is 3.79. The van der Waals surface area contributed by atoms with Crippen molar-refractivity contribution in [1.82, 2.24) is 0 Å². The number of hydrogen-bond acceptors (Lipinski definition) is 6. The van der Waals surface area contributed by atoms with Crippen LogP contribution in [0.3, 0.4) is 0 Å². The fraction of sp³-hybridized carbons (Fsp3) is 0.350. The molecule has 0 aliphatic heterocycles. The van der Waals surface area contributed by atoms with Crippen LogP contribution in [0.15, 0.2) is 60.7 Å². The Morgan fingerprint density at radius 2 is 1.39 bits per heavy atom. The lowest BCUT2D eigenvalue weighted by atomic mass is 10.1. The van der Waals surface area contributed by atoms with Crippen LogP contribution in [-0.2, 0) is 40.9 Å². The maximum atomic E-state index is 13.3. The molecular formula is C20H24ClO6P. The first-order chi connectivity index (χ1) is 13.4. The Morgan fingerprint density at radius 3 is 1.79 bits per heavy atom. The first kappa shape index (κ1) is 22.6. The van der Waals surface area contributed by atoms with Crippen molar-refractivity contribution < 1.29 is 27.7 Å². The smallest absolute Gasteiger partial charge is 0.447 e. The van der Waals surface area contributed by atoms with Crippen molar-refractivity contribution in [2.24, 2.45) is 5.92 Å². The summed E-state index contributed by atoms with van der Waals surface area (Å²) >= 11 is 5.47. The van der Waals surface area contributed by atoms with E-state index in [1.165, 1.54) is 0 Å². The molecule has 0 saturated carbocycles. The van der Waals surface area contributed by atoms with Crippen molar-refractivity contribution in [1.29, 1.82) is 0 Å². The molecule has 0 fully saturated rings. The van der Waals surface area contributed by atoms with Gasteiger partial charge < -0.3 is 4.74 Å². The standard InChI is InChI=1S/C20H24ClO6P/c1-16(2)19(20(22)24-15-21)27-28(23,25-13-17-9-5-3-6-10-17)26-14-18-11-7-4-8-12-18/h3-12,16,19H,13-15H2,1-2H3/t19-/m0/s1. The summed E-state index contributed by atoms with van der Waals surface area (Å²) in [5.41, 5.74) is 1.58. The lowest BCUT2D eigenvalue weighted by molar-refractivity contribution is -0.153. The van der Waals surface area contributed by atoms with Crippen molar-refractivity contribution in [3.63, 3.8) is 0 Å². The van der Waals surface area contributed by atoms with E-state index >= 15 is 0 Å². The van der Waals surface area contributed by atoms with Crippen molar-refractivity contribution in [2.75, 3.05) is 6.07 Å². The van der Waals surface area contributed by atoms with Gasteiger partial charge in [0.05, 0.1) is 13.2 Å². The van der Waals surface area contributed by atoms with Crippen LogP contribution in [-0.4, -0.2) is 18.1 Å². The highest BCUT2D eigenvalue weighted by atomic mass is 35.5. The predicted octanol–water partition coefficient (Wildman–Crippen LogP) is 5.31. The lowest BCUT2D eigenvalue weighted by Gasteiger charge is -2.25. The topological polar surface area (TPSA) is 71.1 Å². The van der Waals surface area contributed by atoms with Crippen molar-refractivity contribution in [3.05, 3.63) is 71.8 Å². The summed E-state index contributed by atoms with van der Waals surface area (Å²) in [5.74, 6) is -1.05. The summed E-state index contributed by atoms with van der Waals surface area (Å²) in [6.45, 7) is 3.47. The van der Waals surface area contributed by atoms with Gasteiger partial charge in [0.1, 0.15) is 0 Å². The SMILES string of the molecule is CC(C)[C@H](OP(=O)(OCc1ccccc1)OCc1ccccc1)C(=O)OCCl. The molecule has 0 heterocycles. The minimum atomic E-state index is -4.08. The Balaban J connectivity index is 2.15. The van der Waals surface area contributed by atoms with Gasteiger partial charge in [0, 0.05) is 0 Å². The molecule has 0 unspecified atom stereocenters. The first-order valence-electron chi connectivity index (χ1n) is 8.81. The van der Waals surface area contributed by atoms with Crippen LogP contribution in [0.2, 0.25) is 0 Å². The normalized spacial score (nSPS) is 12.7. The second kappa shape index (κ2) is 11.3. The molecule has 0 radical (unpaired) electrons. The van der Waals surface area contributed by atoms with Gasteiger partial charge in [-0.05, 0) is 17.0 Å². The summed E-state index contributed by atoms with van der Waals surface area (Å²) in [4.78, 5) is 12.1. The van der Waals surface area contributed by atoms with E-state index in [4.69, 9.17) is 29.9 Å². The molecule has 1 atom stereocenters. The number of phosphoric acid groups is 1. The van der Waals surface area contributed by atoms with E-state index in [0.717, 1.165) is 11.1 Å². The molecular weight excluding hydrogens is 403 g/mol. The van der Waals surface area contributed by atoms with Gasteiger partial charge in [-0.25, -0.2) is 9.36 Å². The molecule has 0 aliphatic rings. The number of carbonyl (C=O) groups excluding carboxylic acids is 1. The van der Waals surface area contributed by atoms with Crippen LogP contribution in [0.4, 0.5) is 0 Å². The Bertz CT molecular complexity index is 721. The fourth-order valence-electron chi connectivity index (χ4n) is 2.27. The second-order valence-electron chi connectivity index (χ2n) is 6.31. The number of ether oxygens (including phenoxy) is 1. The average Bonchev–Trinajstić information content (AvgIpc) is 2.71. The molecule has 0 spiro atoms. The van der Waals surface area contributed by atoms with E-state index in [0.29, 0.717) is 0 Å². The van der Waals surface area contributed by atoms with E-state index in [9.17, 15) is 9.36 Å². The van der Waals surface area contributed by atoms with E-state index < -0.39 is 19.9 Å². The highest BCUT2D eigenvalue weighted by Gasteiger charge is 2.37. The van der Waals surface area contributed by atoms with Gasteiger partial charge in [-0.2, -0.15) is 0 Å². The number of carbonyl (C=O) groups is 1. The highest BCUT2D eigenvalue weighted by molar-refractivity contribution is 7.48. The summed E-state index contributed by atoms with van der Waals surface area (Å²) in [6.07, 6.45) is -1.14. The number of rotatable bonds is 11. The number of hydrogen-bond donors (Lipinski definition) is 0. The molecule has 0 N–H and O–H groups in total. The van der Waals surface area contributed by atoms with Gasteiger partial charge in [0.2, 0.25) is 0 Å². The van der Waals surface area contributed by atoms with Crippen LogP contribution in [0, 0.1) is 5.92 Å². The molecule has 0 aliphatic carbocycles. The van der Waals surface area contributed by atoms with Crippen molar-refractivity contribution >= 4 is 25.4 Å². The predicted molar refractivity (Wildman–Crippen MR) is 107 cm³/mol. The molecule has 0 saturated heterocycles. The van der Waals surface area contributed by atoms with Crippen LogP contribution in [0.1, 0.15) is 25.0 Å². The zero-order valence-electron chi connectivity index (χ0n) is 15.8. The molecule has 0 aromatic heterocycles. The lowest BCUT2D eigenvalue weighted by Crippen LogP contribution is -2.31. The maximum absolute atomic E-state index is 13.3. The summed E-state index contributed by atoms with van der Waals surface area (Å²) in [5, 5.41) is 0. The zero-order valence-corrected chi connectivity index (χ0v) is 17.5. The minimum absolute atomic E-state index is 0.00226. The van der Waals surface area contributed by atoms with Gasteiger partial charge in [0.15, 0.2) is 12.2 Å². The zero-order chi connectivity index (χ0) is 20.4. The van der Waals surface area contributed by atoms with Gasteiger partial charge in [-0.15, -0.1) is 0 Å². The molecule has 2 rings (SSSR count). The molecule has 152 valence electrons. The van der Waals surface area contributed by atoms with Crippen molar-refractivity contribution in [2.45, 2.75) is 33.2 Å². The Kier molecular flexibility index (Phi) is 9.16. The second-order valence-corrected chi connectivity index (χ2v) is 8.15. The Morgan fingerprint density at radius 1 is 0.929 bits per heavy atom. The minimum Gasteiger partial charge on any atom is -0.447 e. The van der Waals surface area contributed by atoms with Gasteiger partial charge >= 0.3 is 13.8 Å². The van der Waals surface area contributed by atoms with Crippen LogP contribution in [0.5, 0.6) is 0 Å².